The predicted octanol–water partition coefficient (Wildman–Crippen LogP) is 3.43. The van der Waals surface area contributed by atoms with Gasteiger partial charge in [0.1, 0.15) is 0 Å². The molecule has 1 unspecified atom stereocenters. The Bertz CT molecular complexity index is 275. The van der Waals surface area contributed by atoms with E-state index in [2.05, 4.69) is 19.9 Å². The fourth-order valence-corrected chi connectivity index (χ4v) is 2.85. The van der Waals surface area contributed by atoms with Crippen LogP contribution in [0.5, 0.6) is 0 Å². The summed E-state index contributed by atoms with van der Waals surface area (Å²) in [4.78, 5) is 0. The van der Waals surface area contributed by atoms with E-state index >= 15 is 0 Å². The van der Waals surface area contributed by atoms with E-state index in [9.17, 15) is 10.2 Å². The van der Waals surface area contributed by atoms with Crippen LogP contribution in [0.1, 0.15) is 66.2 Å². The first-order chi connectivity index (χ1) is 7.81. The van der Waals surface area contributed by atoms with Crippen molar-refractivity contribution in [3.05, 3.63) is 11.6 Å². The van der Waals surface area contributed by atoms with Crippen molar-refractivity contribution in [1.82, 2.24) is 0 Å². The van der Waals surface area contributed by atoms with Gasteiger partial charge in [0.15, 0.2) is 0 Å². The quantitative estimate of drug-likeness (QED) is 0.723. The number of aliphatic hydroxyl groups is 2. The molecule has 2 nitrogen and oxygen atoms in total. The van der Waals surface area contributed by atoms with Gasteiger partial charge in [-0.25, -0.2) is 0 Å². The van der Waals surface area contributed by atoms with Crippen LogP contribution in [0.25, 0.3) is 0 Å². The molecule has 2 atom stereocenters. The van der Waals surface area contributed by atoms with Crippen molar-refractivity contribution in [1.29, 1.82) is 0 Å². The number of unbranched alkanes of at least 4 members (excludes halogenated alkanes) is 1. The Kier molecular flexibility index (Phi) is 4.79. The molecule has 0 heterocycles. The summed E-state index contributed by atoms with van der Waals surface area (Å²) >= 11 is 0. The molecule has 0 radical (unpaired) electrons. The van der Waals surface area contributed by atoms with E-state index in [1.807, 2.05) is 0 Å². The monoisotopic (exact) mass is 240 g/mol. The molecule has 0 aromatic rings. The van der Waals surface area contributed by atoms with Crippen LogP contribution in [0.2, 0.25) is 0 Å². The molecule has 0 spiro atoms. The maximum atomic E-state index is 10.9. The summed E-state index contributed by atoms with van der Waals surface area (Å²) < 4.78 is 0. The van der Waals surface area contributed by atoms with Crippen molar-refractivity contribution in [2.75, 3.05) is 0 Å². The third-order valence-corrected chi connectivity index (χ3v) is 4.28. The Hall–Kier alpha value is -0.340. The molecular weight excluding hydrogens is 212 g/mol. The SMILES string of the molecule is CCCCC(O)([C@@H]1CC=C(C)CC1)C(C)(C)O. The topological polar surface area (TPSA) is 40.5 Å². The van der Waals surface area contributed by atoms with Crippen LogP contribution in [0.3, 0.4) is 0 Å². The summed E-state index contributed by atoms with van der Waals surface area (Å²) in [7, 11) is 0. The molecule has 0 fully saturated rings. The Morgan fingerprint density at radius 2 is 2.00 bits per heavy atom. The molecule has 0 aromatic heterocycles. The highest BCUT2D eigenvalue weighted by atomic mass is 16.4. The Morgan fingerprint density at radius 1 is 1.35 bits per heavy atom. The maximum absolute atomic E-state index is 10.9. The molecule has 0 aliphatic heterocycles. The molecule has 1 aliphatic carbocycles. The lowest BCUT2D eigenvalue weighted by Gasteiger charge is -2.46. The fraction of sp³-hybridized carbons (Fsp3) is 0.867. The Balaban J connectivity index is 2.83. The van der Waals surface area contributed by atoms with Crippen molar-refractivity contribution in [3.8, 4) is 0 Å². The molecule has 0 saturated carbocycles. The summed E-state index contributed by atoms with van der Waals surface area (Å²) in [5.74, 6) is 0.192. The number of rotatable bonds is 5. The van der Waals surface area contributed by atoms with Gasteiger partial charge in [-0.15, -0.1) is 0 Å². The van der Waals surface area contributed by atoms with Gasteiger partial charge in [0.05, 0.1) is 11.2 Å². The van der Waals surface area contributed by atoms with Crippen LogP contribution in [-0.2, 0) is 0 Å². The van der Waals surface area contributed by atoms with E-state index in [0.29, 0.717) is 6.42 Å². The smallest absolute Gasteiger partial charge is 0.0958 e. The van der Waals surface area contributed by atoms with Crippen LogP contribution in [0.4, 0.5) is 0 Å². The molecule has 0 bridgehead atoms. The van der Waals surface area contributed by atoms with Crippen molar-refractivity contribution < 1.29 is 10.2 Å². The molecule has 17 heavy (non-hydrogen) atoms. The van der Waals surface area contributed by atoms with Crippen LogP contribution in [0.15, 0.2) is 11.6 Å². The first-order valence-electron chi connectivity index (χ1n) is 6.91. The van der Waals surface area contributed by atoms with Gasteiger partial charge in [0.25, 0.3) is 0 Å². The third-order valence-electron chi connectivity index (χ3n) is 4.28. The first kappa shape index (κ1) is 14.7. The lowest BCUT2D eigenvalue weighted by molar-refractivity contribution is -0.170. The van der Waals surface area contributed by atoms with Gasteiger partial charge >= 0.3 is 0 Å². The fourth-order valence-electron chi connectivity index (χ4n) is 2.85. The highest BCUT2D eigenvalue weighted by Crippen LogP contribution is 2.41. The zero-order valence-electron chi connectivity index (χ0n) is 11.8. The maximum Gasteiger partial charge on any atom is 0.0958 e. The van der Waals surface area contributed by atoms with Crippen molar-refractivity contribution in [2.24, 2.45) is 5.92 Å². The Labute approximate surface area is 106 Å². The van der Waals surface area contributed by atoms with Gasteiger partial charge < -0.3 is 10.2 Å². The minimum Gasteiger partial charge on any atom is -0.387 e. The van der Waals surface area contributed by atoms with E-state index < -0.39 is 11.2 Å². The van der Waals surface area contributed by atoms with Crippen molar-refractivity contribution in [2.45, 2.75) is 77.4 Å². The minimum atomic E-state index is -1.02. The van der Waals surface area contributed by atoms with Gasteiger partial charge in [0, 0.05) is 0 Å². The van der Waals surface area contributed by atoms with Crippen molar-refractivity contribution >= 4 is 0 Å². The lowest BCUT2D eigenvalue weighted by Crippen LogP contribution is -2.55. The minimum absolute atomic E-state index is 0.192. The lowest BCUT2D eigenvalue weighted by atomic mass is 9.68. The average molecular weight is 240 g/mol. The zero-order valence-corrected chi connectivity index (χ0v) is 11.8. The van der Waals surface area contributed by atoms with Gasteiger partial charge in [0.2, 0.25) is 0 Å². The summed E-state index contributed by atoms with van der Waals surface area (Å²) in [6, 6.07) is 0. The largest absolute Gasteiger partial charge is 0.387 e. The molecule has 1 aliphatic rings. The summed E-state index contributed by atoms with van der Waals surface area (Å²) in [5, 5.41) is 21.2. The average Bonchev–Trinajstić information content (AvgIpc) is 2.25. The third kappa shape index (κ3) is 3.32. The van der Waals surface area contributed by atoms with Gasteiger partial charge in [-0.3, -0.25) is 0 Å². The van der Waals surface area contributed by atoms with Crippen LogP contribution >= 0.6 is 0 Å². The van der Waals surface area contributed by atoms with Gasteiger partial charge in [-0.05, 0) is 52.4 Å². The number of hydrogen-bond acceptors (Lipinski definition) is 2. The summed E-state index contributed by atoms with van der Waals surface area (Å²) in [6.07, 6.45) is 7.89. The summed E-state index contributed by atoms with van der Waals surface area (Å²) in [6.45, 7) is 7.75. The second kappa shape index (κ2) is 5.53. The van der Waals surface area contributed by atoms with E-state index in [4.69, 9.17) is 0 Å². The first-order valence-corrected chi connectivity index (χ1v) is 6.91. The van der Waals surface area contributed by atoms with Gasteiger partial charge in [-0.2, -0.15) is 0 Å². The van der Waals surface area contributed by atoms with Crippen molar-refractivity contribution in [3.63, 3.8) is 0 Å². The Morgan fingerprint density at radius 3 is 2.41 bits per heavy atom. The normalized spacial score (nSPS) is 25.3. The van der Waals surface area contributed by atoms with E-state index in [0.717, 1.165) is 32.1 Å². The number of allylic oxidation sites excluding steroid dienone is 2. The molecule has 100 valence electrons. The van der Waals surface area contributed by atoms with E-state index in [-0.39, 0.29) is 5.92 Å². The van der Waals surface area contributed by atoms with Gasteiger partial charge in [-0.1, -0.05) is 31.4 Å². The van der Waals surface area contributed by atoms with Crippen LogP contribution in [0, 0.1) is 5.92 Å². The van der Waals surface area contributed by atoms with E-state index in [1.54, 1.807) is 13.8 Å². The summed E-state index contributed by atoms with van der Waals surface area (Å²) in [5.41, 5.74) is -0.554. The zero-order chi connectivity index (χ0) is 13.1. The van der Waals surface area contributed by atoms with E-state index in [1.165, 1.54) is 5.57 Å². The molecule has 2 N–H and O–H groups in total. The molecule has 0 amide bonds. The number of hydrogen-bond donors (Lipinski definition) is 2. The molecule has 0 saturated heterocycles. The van der Waals surface area contributed by atoms with Crippen LogP contribution < -0.4 is 0 Å². The highest BCUT2D eigenvalue weighted by molar-refractivity contribution is 5.09. The highest BCUT2D eigenvalue weighted by Gasteiger charge is 2.47. The molecular formula is C15H28O2. The second-order valence-electron chi connectivity index (χ2n) is 6.11. The van der Waals surface area contributed by atoms with Crippen LogP contribution in [-0.4, -0.2) is 21.4 Å². The predicted molar refractivity (Wildman–Crippen MR) is 71.9 cm³/mol. The second-order valence-corrected chi connectivity index (χ2v) is 6.11. The standard InChI is InChI=1S/C15H28O2/c1-5-6-11-15(17,14(3,4)16)13-9-7-12(2)8-10-13/h7,13,16-17H,5-6,8-11H2,1-4H3/t13-,15?/m1/s1. The molecule has 1 rings (SSSR count). The molecule has 2 heteroatoms. The molecule has 0 aromatic carbocycles.